The molecule has 3 rings (SSSR count). The second kappa shape index (κ2) is 12.4. The lowest BCUT2D eigenvalue weighted by molar-refractivity contribution is 0.324. The Hall–Kier alpha value is -1.42. The predicted molar refractivity (Wildman–Crippen MR) is 135 cm³/mol. The molecule has 0 bridgehead atoms. The summed E-state index contributed by atoms with van der Waals surface area (Å²) in [5, 5.41) is 7.15. The Labute approximate surface area is 198 Å². The molecule has 2 aliphatic heterocycles. The Kier molecular flexibility index (Phi) is 10.3. The molecule has 2 fully saturated rings. The van der Waals surface area contributed by atoms with Gasteiger partial charge in [-0.25, -0.2) is 0 Å². The number of halogens is 1. The molecule has 2 atom stereocenters. The van der Waals surface area contributed by atoms with Crippen LogP contribution in [0.3, 0.4) is 0 Å². The van der Waals surface area contributed by atoms with Crippen LogP contribution in [-0.2, 0) is 0 Å². The summed E-state index contributed by atoms with van der Waals surface area (Å²) in [5.74, 6) is 3.27. The molecule has 2 unspecified atom stereocenters. The van der Waals surface area contributed by atoms with Gasteiger partial charge in [-0.2, -0.15) is 0 Å². The number of nitrogens with one attached hydrogen (secondary N) is 2. The maximum absolute atomic E-state index is 5.41. The van der Waals surface area contributed by atoms with Crippen LogP contribution in [0.5, 0.6) is 11.5 Å². The van der Waals surface area contributed by atoms with Gasteiger partial charge in [-0.05, 0) is 38.3 Å². The molecule has 8 heteroatoms. The van der Waals surface area contributed by atoms with Gasteiger partial charge in [0.1, 0.15) is 11.5 Å². The van der Waals surface area contributed by atoms with Gasteiger partial charge < -0.3 is 29.9 Å². The van der Waals surface area contributed by atoms with Crippen LogP contribution in [0.15, 0.2) is 23.2 Å². The summed E-state index contributed by atoms with van der Waals surface area (Å²) < 4.78 is 10.8. The molecular weight excluding hydrogens is 493 g/mol. The van der Waals surface area contributed by atoms with Crippen molar-refractivity contribution >= 4 is 35.6 Å². The first-order chi connectivity index (χ1) is 14.1. The minimum atomic E-state index is 0. The summed E-state index contributed by atoms with van der Waals surface area (Å²) in [7, 11) is 5.23. The second-order valence-electron chi connectivity index (χ2n) is 8.06. The summed E-state index contributed by atoms with van der Waals surface area (Å²) >= 11 is 0. The average molecular weight is 531 g/mol. The van der Waals surface area contributed by atoms with Crippen LogP contribution in [0, 0.1) is 5.92 Å². The lowest BCUT2D eigenvalue weighted by atomic mass is 10.1. The SMILES string of the molecule is CCCN1CCC(CNC(=NC)NC2CCN(c3cc(OC)cc(OC)c3)C2)C1.I. The Morgan fingerprint density at radius 3 is 2.47 bits per heavy atom. The number of nitrogens with zero attached hydrogens (tertiary/aromatic N) is 3. The van der Waals surface area contributed by atoms with Crippen molar-refractivity contribution in [3.63, 3.8) is 0 Å². The Morgan fingerprint density at radius 1 is 1.10 bits per heavy atom. The van der Waals surface area contributed by atoms with E-state index in [0.29, 0.717) is 12.0 Å². The molecule has 0 spiro atoms. The van der Waals surface area contributed by atoms with Crippen LogP contribution >= 0.6 is 24.0 Å². The summed E-state index contributed by atoms with van der Waals surface area (Å²) in [6, 6.07) is 6.42. The van der Waals surface area contributed by atoms with E-state index in [0.717, 1.165) is 49.2 Å². The van der Waals surface area contributed by atoms with Gasteiger partial charge in [0.05, 0.1) is 14.2 Å². The smallest absolute Gasteiger partial charge is 0.191 e. The zero-order valence-corrected chi connectivity index (χ0v) is 21.1. The van der Waals surface area contributed by atoms with Crippen LogP contribution in [0.1, 0.15) is 26.2 Å². The number of benzene rings is 1. The number of guanidine groups is 1. The lowest BCUT2D eigenvalue weighted by Crippen LogP contribution is -2.46. The molecule has 2 heterocycles. The standard InChI is InChI=1S/C22H37N5O2.HI/c1-5-8-26-9-6-17(15-26)14-24-22(23-2)25-18-7-10-27(16-18)19-11-20(28-3)13-21(12-19)29-4;/h11-13,17-18H,5-10,14-16H2,1-4H3,(H2,23,24,25);1H. The molecule has 2 N–H and O–H groups in total. The second-order valence-corrected chi connectivity index (χ2v) is 8.06. The van der Waals surface area contributed by atoms with Crippen molar-refractivity contribution < 1.29 is 9.47 Å². The van der Waals surface area contributed by atoms with Gasteiger partial charge in [0.15, 0.2) is 5.96 Å². The summed E-state index contributed by atoms with van der Waals surface area (Å²) in [6.07, 6.45) is 3.59. The maximum atomic E-state index is 5.41. The third kappa shape index (κ3) is 6.80. The van der Waals surface area contributed by atoms with Gasteiger partial charge in [-0.1, -0.05) is 6.92 Å². The number of rotatable bonds is 8. The van der Waals surface area contributed by atoms with Crippen LogP contribution in [0.4, 0.5) is 5.69 Å². The van der Waals surface area contributed by atoms with Crippen LogP contribution in [0.25, 0.3) is 0 Å². The van der Waals surface area contributed by atoms with Crippen LogP contribution in [0.2, 0.25) is 0 Å². The van der Waals surface area contributed by atoms with E-state index in [-0.39, 0.29) is 24.0 Å². The van der Waals surface area contributed by atoms with Crippen molar-refractivity contribution in [2.75, 3.05) is 65.4 Å². The molecule has 0 saturated carbocycles. The number of methoxy groups -OCH3 is 2. The summed E-state index contributed by atoms with van der Waals surface area (Å²) in [6.45, 7) is 8.83. The van der Waals surface area contributed by atoms with Crippen molar-refractivity contribution in [1.82, 2.24) is 15.5 Å². The minimum absolute atomic E-state index is 0. The molecule has 0 aliphatic carbocycles. The number of hydrogen-bond donors (Lipinski definition) is 2. The highest BCUT2D eigenvalue weighted by atomic mass is 127. The van der Waals surface area contributed by atoms with E-state index < -0.39 is 0 Å². The van der Waals surface area contributed by atoms with E-state index in [1.165, 1.54) is 32.5 Å². The lowest BCUT2D eigenvalue weighted by Gasteiger charge is -2.22. The van der Waals surface area contributed by atoms with Crippen molar-refractivity contribution in [3.8, 4) is 11.5 Å². The quantitative estimate of drug-likeness (QED) is 0.306. The third-order valence-electron chi connectivity index (χ3n) is 5.92. The number of aliphatic imine (C=N–C) groups is 1. The minimum Gasteiger partial charge on any atom is -0.497 e. The first kappa shape index (κ1) is 24.8. The average Bonchev–Trinajstić information content (AvgIpc) is 3.40. The van der Waals surface area contributed by atoms with Crippen molar-refractivity contribution in [2.24, 2.45) is 10.9 Å². The van der Waals surface area contributed by atoms with E-state index in [2.05, 4.69) is 44.5 Å². The first-order valence-electron chi connectivity index (χ1n) is 10.8. The van der Waals surface area contributed by atoms with Crippen molar-refractivity contribution in [3.05, 3.63) is 18.2 Å². The van der Waals surface area contributed by atoms with Gasteiger partial charge in [-0.3, -0.25) is 4.99 Å². The first-order valence-corrected chi connectivity index (χ1v) is 10.8. The molecule has 0 amide bonds. The number of anilines is 1. The van der Waals surface area contributed by atoms with Crippen molar-refractivity contribution in [1.29, 1.82) is 0 Å². The number of hydrogen-bond acceptors (Lipinski definition) is 5. The summed E-state index contributed by atoms with van der Waals surface area (Å²) in [5.41, 5.74) is 1.13. The van der Waals surface area contributed by atoms with E-state index in [9.17, 15) is 0 Å². The maximum Gasteiger partial charge on any atom is 0.191 e. The molecule has 0 radical (unpaired) electrons. The fraction of sp³-hybridized carbons (Fsp3) is 0.682. The molecule has 30 heavy (non-hydrogen) atoms. The molecule has 0 aromatic heterocycles. The van der Waals surface area contributed by atoms with Gasteiger partial charge >= 0.3 is 0 Å². The highest BCUT2D eigenvalue weighted by molar-refractivity contribution is 14.0. The van der Waals surface area contributed by atoms with Gasteiger partial charge in [0.2, 0.25) is 0 Å². The Bertz CT molecular complexity index is 665. The van der Waals surface area contributed by atoms with Crippen molar-refractivity contribution in [2.45, 2.75) is 32.2 Å². The van der Waals surface area contributed by atoms with E-state index >= 15 is 0 Å². The molecule has 2 saturated heterocycles. The molecule has 2 aliphatic rings. The van der Waals surface area contributed by atoms with Gasteiger partial charge in [0, 0.05) is 63.2 Å². The van der Waals surface area contributed by atoms with Crippen LogP contribution < -0.4 is 25.0 Å². The van der Waals surface area contributed by atoms with E-state index in [1.54, 1.807) is 14.2 Å². The number of likely N-dealkylation sites (tertiary alicyclic amines) is 1. The highest BCUT2D eigenvalue weighted by Gasteiger charge is 2.25. The fourth-order valence-corrected chi connectivity index (χ4v) is 4.32. The molecule has 1 aromatic rings. The van der Waals surface area contributed by atoms with E-state index in [4.69, 9.17) is 9.47 Å². The molecule has 170 valence electrons. The Balaban J connectivity index is 0.00000320. The molecule has 1 aromatic carbocycles. The van der Waals surface area contributed by atoms with Gasteiger partial charge in [-0.15, -0.1) is 24.0 Å². The fourth-order valence-electron chi connectivity index (χ4n) is 4.32. The zero-order chi connectivity index (χ0) is 20.6. The topological polar surface area (TPSA) is 61.4 Å². The normalized spacial score (nSPS) is 22.0. The molecule has 7 nitrogen and oxygen atoms in total. The Morgan fingerprint density at radius 2 is 1.83 bits per heavy atom. The zero-order valence-electron chi connectivity index (χ0n) is 18.8. The van der Waals surface area contributed by atoms with Crippen LogP contribution in [-0.4, -0.2) is 77.4 Å². The number of ether oxygens (including phenoxy) is 2. The van der Waals surface area contributed by atoms with Gasteiger partial charge in [0.25, 0.3) is 0 Å². The predicted octanol–water partition coefficient (Wildman–Crippen LogP) is 2.80. The summed E-state index contributed by atoms with van der Waals surface area (Å²) in [4.78, 5) is 9.38. The monoisotopic (exact) mass is 531 g/mol. The third-order valence-corrected chi connectivity index (χ3v) is 5.92. The largest absolute Gasteiger partial charge is 0.497 e. The highest BCUT2D eigenvalue weighted by Crippen LogP contribution is 2.30. The van der Waals surface area contributed by atoms with E-state index in [1.807, 2.05) is 13.1 Å². The molecular formula is C22H38IN5O2.